The monoisotopic (exact) mass is 309 g/mol. The normalized spacial score (nSPS) is 10.9. The Kier molecular flexibility index (Phi) is 4.45. The summed E-state index contributed by atoms with van der Waals surface area (Å²) < 4.78 is 46.5. The van der Waals surface area contributed by atoms with Crippen LogP contribution in [0.1, 0.15) is 16.1 Å². The van der Waals surface area contributed by atoms with Crippen LogP contribution in [0.25, 0.3) is 17.3 Å². The second kappa shape index (κ2) is 6.30. The first-order valence-corrected chi connectivity index (χ1v) is 6.02. The van der Waals surface area contributed by atoms with Gasteiger partial charge in [0.25, 0.3) is 0 Å². The lowest BCUT2D eigenvalue weighted by molar-refractivity contribution is 0.0690. The molecule has 0 saturated heterocycles. The lowest BCUT2D eigenvalue weighted by Gasteiger charge is -2.08. The number of halogens is 3. The van der Waals surface area contributed by atoms with Crippen molar-refractivity contribution in [1.29, 1.82) is 0 Å². The van der Waals surface area contributed by atoms with E-state index in [4.69, 9.17) is 5.11 Å². The minimum Gasteiger partial charge on any atom is -0.504 e. The van der Waals surface area contributed by atoms with Crippen LogP contribution in [0.5, 0.6) is 0 Å². The summed E-state index contributed by atoms with van der Waals surface area (Å²) in [7, 11) is 1.37. The van der Waals surface area contributed by atoms with Gasteiger partial charge in [0.15, 0.2) is 0 Å². The van der Waals surface area contributed by atoms with E-state index in [9.17, 15) is 18.0 Å². The third-order valence-corrected chi connectivity index (χ3v) is 2.76. The van der Waals surface area contributed by atoms with Crippen LogP contribution >= 0.6 is 0 Å². The Hall–Kier alpha value is -2.83. The molecule has 0 aliphatic rings. The maximum Gasteiger partial charge on any atom is 0.354 e. The number of pyridine rings is 1. The fraction of sp³-hybridized carbons (Fsp3) is 0.0667. The van der Waals surface area contributed by atoms with Crippen molar-refractivity contribution >= 4 is 12.0 Å². The summed E-state index contributed by atoms with van der Waals surface area (Å²) in [6.45, 7) is 0. The van der Waals surface area contributed by atoms with E-state index in [-0.39, 0.29) is 5.56 Å². The van der Waals surface area contributed by atoms with Gasteiger partial charge in [-0.3, -0.25) is 0 Å². The molecule has 0 unspecified atom stereocenters. The van der Waals surface area contributed by atoms with Crippen LogP contribution in [0.4, 0.5) is 13.2 Å². The van der Waals surface area contributed by atoms with Crippen molar-refractivity contribution in [3.63, 3.8) is 0 Å². The molecule has 1 heterocycles. The van der Waals surface area contributed by atoms with E-state index in [1.54, 1.807) is 0 Å². The minimum absolute atomic E-state index is 0.162. The first kappa shape index (κ1) is 15.6. The van der Waals surface area contributed by atoms with Crippen molar-refractivity contribution in [1.82, 2.24) is 4.98 Å². The average molecular weight is 309 g/mol. The summed E-state index contributed by atoms with van der Waals surface area (Å²) >= 11 is 0. The van der Waals surface area contributed by atoms with E-state index in [1.165, 1.54) is 19.4 Å². The lowest BCUT2D eigenvalue weighted by Crippen LogP contribution is -2.04. The van der Waals surface area contributed by atoms with Crippen molar-refractivity contribution < 1.29 is 27.8 Å². The Balaban J connectivity index is 2.60. The number of hydrogen-bond acceptors (Lipinski definition) is 3. The summed E-state index contributed by atoms with van der Waals surface area (Å²) in [6, 6.07) is 3.63. The highest BCUT2D eigenvalue weighted by molar-refractivity contribution is 5.86. The summed E-state index contributed by atoms with van der Waals surface area (Å²) in [4.78, 5) is 14.3. The number of methoxy groups -OCH3 is 1. The molecule has 2 rings (SSSR count). The topological polar surface area (TPSA) is 59.4 Å². The number of ether oxygens (including phenoxy) is 1. The number of carboxylic acids is 1. The fourth-order valence-electron chi connectivity index (χ4n) is 1.80. The van der Waals surface area contributed by atoms with Gasteiger partial charge in [-0.2, -0.15) is 0 Å². The molecule has 22 heavy (non-hydrogen) atoms. The smallest absolute Gasteiger partial charge is 0.354 e. The Bertz CT molecular complexity index is 737. The molecule has 114 valence electrons. The molecule has 0 radical (unpaired) electrons. The molecule has 0 amide bonds. The third kappa shape index (κ3) is 3.08. The van der Waals surface area contributed by atoms with E-state index in [0.29, 0.717) is 0 Å². The summed E-state index contributed by atoms with van der Waals surface area (Å²) in [5, 5.41) is 8.83. The molecular formula is C15H10F3NO3. The van der Waals surface area contributed by atoms with Gasteiger partial charge in [-0.05, 0) is 35.9 Å². The van der Waals surface area contributed by atoms with Crippen molar-refractivity contribution in [2.45, 2.75) is 0 Å². The zero-order chi connectivity index (χ0) is 16.3. The maximum atomic E-state index is 14.1. The Morgan fingerprint density at radius 1 is 1.18 bits per heavy atom. The third-order valence-electron chi connectivity index (χ3n) is 2.76. The van der Waals surface area contributed by atoms with E-state index >= 15 is 0 Å². The highest BCUT2D eigenvalue weighted by Crippen LogP contribution is 2.28. The quantitative estimate of drug-likeness (QED) is 0.878. The van der Waals surface area contributed by atoms with Gasteiger partial charge in [0, 0.05) is 0 Å². The first-order valence-electron chi connectivity index (χ1n) is 6.02. The molecule has 2 aromatic rings. The van der Waals surface area contributed by atoms with Gasteiger partial charge in [0.05, 0.1) is 18.9 Å². The van der Waals surface area contributed by atoms with Crippen LogP contribution < -0.4 is 0 Å². The van der Waals surface area contributed by atoms with E-state index in [0.717, 1.165) is 24.3 Å². The molecule has 0 saturated carbocycles. The Morgan fingerprint density at radius 2 is 1.82 bits per heavy atom. The molecule has 0 atom stereocenters. The number of benzene rings is 1. The van der Waals surface area contributed by atoms with Gasteiger partial charge in [0.2, 0.25) is 0 Å². The first-order chi connectivity index (χ1) is 10.4. The number of nitrogens with zero attached hydrogens (tertiary/aromatic N) is 1. The standard InChI is InChI=1S/C15H10F3NO3/c1-22-5-4-8-6-10(17)13(11(18)7-8)14-9(16)2-3-12(19-14)15(20)21/h2-7H,1H3,(H,20,21)/b5-4+. The minimum atomic E-state index is -1.43. The van der Waals surface area contributed by atoms with Crippen molar-refractivity contribution in [3.8, 4) is 11.3 Å². The molecule has 1 N–H and O–H groups in total. The lowest BCUT2D eigenvalue weighted by atomic mass is 10.1. The van der Waals surface area contributed by atoms with Crippen molar-refractivity contribution in [2.24, 2.45) is 0 Å². The second-order valence-corrected chi connectivity index (χ2v) is 4.23. The van der Waals surface area contributed by atoms with Gasteiger partial charge in [-0.15, -0.1) is 0 Å². The van der Waals surface area contributed by atoms with Crippen LogP contribution in [0.3, 0.4) is 0 Å². The highest BCUT2D eigenvalue weighted by atomic mass is 19.1. The summed E-state index contributed by atoms with van der Waals surface area (Å²) in [6.07, 6.45) is 2.53. The van der Waals surface area contributed by atoms with Gasteiger partial charge >= 0.3 is 5.97 Å². The van der Waals surface area contributed by atoms with Crippen LogP contribution in [-0.4, -0.2) is 23.2 Å². The molecule has 0 spiro atoms. The zero-order valence-electron chi connectivity index (χ0n) is 11.3. The number of rotatable bonds is 4. The SMILES string of the molecule is CO/C=C/c1cc(F)c(-c2nc(C(=O)O)ccc2F)c(F)c1. The Morgan fingerprint density at radius 3 is 2.36 bits per heavy atom. The van der Waals surface area contributed by atoms with Gasteiger partial charge < -0.3 is 9.84 Å². The van der Waals surface area contributed by atoms with Crippen molar-refractivity contribution in [2.75, 3.05) is 7.11 Å². The van der Waals surface area contributed by atoms with E-state index < -0.39 is 40.4 Å². The zero-order valence-corrected chi connectivity index (χ0v) is 11.3. The molecule has 7 heteroatoms. The fourth-order valence-corrected chi connectivity index (χ4v) is 1.80. The molecule has 4 nitrogen and oxygen atoms in total. The number of hydrogen-bond donors (Lipinski definition) is 1. The highest BCUT2D eigenvalue weighted by Gasteiger charge is 2.20. The average Bonchev–Trinajstić information content (AvgIpc) is 2.46. The molecule has 0 bridgehead atoms. The van der Waals surface area contributed by atoms with Crippen LogP contribution in [0.15, 0.2) is 30.5 Å². The second-order valence-electron chi connectivity index (χ2n) is 4.23. The molecule has 1 aromatic heterocycles. The van der Waals surface area contributed by atoms with Gasteiger partial charge in [-0.1, -0.05) is 0 Å². The predicted octanol–water partition coefficient (Wildman–Crippen LogP) is 3.48. The largest absolute Gasteiger partial charge is 0.504 e. The molecular weight excluding hydrogens is 299 g/mol. The van der Waals surface area contributed by atoms with Crippen LogP contribution in [0.2, 0.25) is 0 Å². The molecule has 0 aliphatic carbocycles. The molecule has 1 aromatic carbocycles. The number of aromatic carboxylic acids is 1. The van der Waals surface area contributed by atoms with Gasteiger partial charge in [-0.25, -0.2) is 22.9 Å². The van der Waals surface area contributed by atoms with Crippen LogP contribution in [0, 0.1) is 17.5 Å². The number of aromatic nitrogens is 1. The summed E-state index contributed by atoms with van der Waals surface area (Å²) in [5.41, 5.74) is -1.78. The maximum absolute atomic E-state index is 14.1. The van der Waals surface area contributed by atoms with E-state index in [1.807, 2.05) is 0 Å². The number of carboxylic acid groups (broad SMARTS) is 1. The predicted molar refractivity (Wildman–Crippen MR) is 72.5 cm³/mol. The van der Waals surface area contributed by atoms with E-state index in [2.05, 4.69) is 9.72 Å². The molecule has 0 fully saturated rings. The summed E-state index contributed by atoms with van der Waals surface area (Å²) in [5.74, 6) is -4.58. The van der Waals surface area contributed by atoms with Gasteiger partial charge in [0.1, 0.15) is 28.8 Å². The Labute approximate surface area is 123 Å². The van der Waals surface area contributed by atoms with Crippen LogP contribution in [-0.2, 0) is 4.74 Å². The van der Waals surface area contributed by atoms with Crippen molar-refractivity contribution in [3.05, 3.63) is 59.2 Å². The number of carbonyl (C=O) groups is 1. The molecule has 0 aliphatic heterocycles.